The Kier molecular flexibility index (Phi) is 11.0. The second kappa shape index (κ2) is 13.2. The summed E-state index contributed by atoms with van der Waals surface area (Å²) in [6, 6.07) is 10.9. The van der Waals surface area contributed by atoms with Gasteiger partial charge in [-0.2, -0.15) is 0 Å². The predicted octanol–water partition coefficient (Wildman–Crippen LogP) is 9.25. The van der Waals surface area contributed by atoms with Gasteiger partial charge in [-0.25, -0.2) is 0 Å². The van der Waals surface area contributed by atoms with Crippen molar-refractivity contribution in [3.8, 4) is 11.5 Å². The minimum atomic E-state index is -1.57. The molecular formula is C26H38ClO2P. The van der Waals surface area contributed by atoms with Crippen molar-refractivity contribution in [3.05, 3.63) is 58.1 Å². The van der Waals surface area contributed by atoms with Gasteiger partial charge in [-0.1, -0.05) is 64.3 Å². The molecule has 4 heteroatoms. The fraction of sp³-hybridized carbons (Fsp3) is 0.538. The van der Waals surface area contributed by atoms with Crippen LogP contribution in [-0.2, 0) is 19.3 Å². The lowest BCUT2D eigenvalue weighted by Crippen LogP contribution is -2.00. The monoisotopic (exact) mass is 448 g/mol. The molecule has 0 aliphatic carbocycles. The molecule has 0 saturated carbocycles. The molecule has 0 N–H and O–H groups in total. The van der Waals surface area contributed by atoms with Crippen LogP contribution in [0.4, 0.5) is 0 Å². The molecule has 2 rings (SSSR count). The largest absolute Gasteiger partial charge is 0.427 e. The highest BCUT2D eigenvalue weighted by Crippen LogP contribution is 2.47. The van der Waals surface area contributed by atoms with Gasteiger partial charge in [-0.15, -0.1) is 0 Å². The zero-order valence-corrected chi connectivity index (χ0v) is 21.0. The van der Waals surface area contributed by atoms with Crippen LogP contribution in [0.2, 0.25) is 0 Å². The minimum Gasteiger partial charge on any atom is -0.427 e. The first kappa shape index (κ1) is 25.0. The summed E-state index contributed by atoms with van der Waals surface area (Å²) in [7, 11) is -1.57. The van der Waals surface area contributed by atoms with Crippen molar-refractivity contribution in [1.29, 1.82) is 0 Å². The number of hydrogen-bond acceptors (Lipinski definition) is 2. The Labute approximate surface area is 190 Å². The van der Waals surface area contributed by atoms with Crippen LogP contribution >= 0.6 is 19.0 Å². The van der Waals surface area contributed by atoms with Gasteiger partial charge in [0, 0.05) is 0 Å². The van der Waals surface area contributed by atoms with Crippen molar-refractivity contribution >= 4 is 19.0 Å². The van der Waals surface area contributed by atoms with E-state index in [0.29, 0.717) is 0 Å². The van der Waals surface area contributed by atoms with Crippen LogP contribution < -0.4 is 9.05 Å². The third-order valence-corrected chi connectivity index (χ3v) is 6.50. The van der Waals surface area contributed by atoms with E-state index in [9.17, 15) is 0 Å². The normalized spacial score (nSPS) is 12.1. The Morgan fingerprint density at radius 1 is 0.733 bits per heavy atom. The van der Waals surface area contributed by atoms with Crippen molar-refractivity contribution in [2.75, 3.05) is 0 Å². The van der Waals surface area contributed by atoms with Crippen molar-refractivity contribution in [2.45, 2.75) is 92.4 Å². The molecule has 0 spiro atoms. The van der Waals surface area contributed by atoms with Gasteiger partial charge in [0.05, 0.1) is 0 Å². The highest BCUT2D eigenvalue weighted by molar-refractivity contribution is 7.76. The van der Waals surface area contributed by atoms with Gasteiger partial charge in [0.15, 0.2) is 0 Å². The number of rotatable bonds is 13. The third-order valence-electron chi connectivity index (χ3n) is 5.42. The molecule has 0 amide bonds. The first-order valence-electron chi connectivity index (χ1n) is 11.5. The Hall–Kier alpha value is -1.24. The standard InChI is InChI=1S/C26H38ClO2P/c1-6-9-12-22-15-16-25(20(4)17-22)28-30(27)29-26-21(5)18-23(13-10-7-2)19-24(26)14-11-8-3/h15-19H,6-14H2,1-5H3. The molecule has 0 aromatic heterocycles. The van der Waals surface area contributed by atoms with Crippen LogP contribution in [0.5, 0.6) is 11.5 Å². The lowest BCUT2D eigenvalue weighted by molar-refractivity contribution is 0.498. The van der Waals surface area contributed by atoms with E-state index in [2.05, 4.69) is 58.9 Å². The highest BCUT2D eigenvalue weighted by atomic mass is 35.7. The smallest absolute Gasteiger partial charge is 0.401 e. The minimum absolute atomic E-state index is 0.809. The summed E-state index contributed by atoms with van der Waals surface area (Å²) < 4.78 is 12.2. The lowest BCUT2D eigenvalue weighted by Gasteiger charge is -2.19. The van der Waals surface area contributed by atoms with Crippen molar-refractivity contribution in [2.24, 2.45) is 0 Å². The van der Waals surface area contributed by atoms with E-state index in [1.54, 1.807) is 0 Å². The second-order valence-electron chi connectivity index (χ2n) is 8.21. The Morgan fingerprint density at radius 3 is 1.97 bits per heavy atom. The van der Waals surface area contributed by atoms with E-state index in [0.717, 1.165) is 54.7 Å². The lowest BCUT2D eigenvalue weighted by atomic mass is 9.98. The molecule has 0 radical (unpaired) electrons. The van der Waals surface area contributed by atoms with E-state index >= 15 is 0 Å². The van der Waals surface area contributed by atoms with Crippen molar-refractivity contribution in [3.63, 3.8) is 0 Å². The molecule has 0 bridgehead atoms. The summed E-state index contributed by atoms with van der Waals surface area (Å²) in [5.41, 5.74) is 6.26. The molecule has 1 unspecified atom stereocenters. The summed E-state index contributed by atoms with van der Waals surface area (Å²) in [4.78, 5) is 0. The Morgan fingerprint density at radius 2 is 1.33 bits per heavy atom. The molecule has 0 heterocycles. The summed E-state index contributed by atoms with van der Waals surface area (Å²) in [5.74, 6) is 1.71. The molecule has 0 aliphatic rings. The van der Waals surface area contributed by atoms with Gasteiger partial charge < -0.3 is 9.05 Å². The number of unbranched alkanes of at least 4 members (excludes halogenated alkanes) is 3. The molecule has 0 fully saturated rings. The number of hydrogen-bond donors (Lipinski definition) is 0. The van der Waals surface area contributed by atoms with E-state index in [-0.39, 0.29) is 0 Å². The molecule has 166 valence electrons. The number of aryl methyl sites for hydroxylation is 5. The fourth-order valence-corrected chi connectivity index (χ4v) is 4.89. The van der Waals surface area contributed by atoms with Gasteiger partial charge in [0.2, 0.25) is 0 Å². The second-order valence-corrected chi connectivity index (χ2v) is 9.82. The maximum Gasteiger partial charge on any atom is 0.401 e. The average molecular weight is 449 g/mol. The van der Waals surface area contributed by atoms with Gasteiger partial charge >= 0.3 is 7.73 Å². The van der Waals surface area contributed by atoms with Crippen LogP contribution in [0.15, 0.2) is 30.3 Å². The molecule has 2 aromatic carbocycles. The summed E-state index contributed by atoms with van der Waals surface area (Å²) in [5, 5.41) is 0. The number of halogens is 1. The predicted molar refractivity (Wildman–Crippen MR) is 132 cm³/mol. The quantitative estimate of drug-likeness (QED) is 0.284. The van der Waals surface area contributed by atoms with Crippen LogP contribution in [-0.4, -0.2) is 0 Å². The van der Waals surface area contributed by atoms with E-state index < -0.39 is 7.73 Å². The van der Waals surface area contributed by atoms with Gasteiger partial charge in [0.1, 0.15) is 11.5 Å². The van der Waals surface area contributed by atoms with Crippen molar-refractivity contribution < 1.29 is 9.05 Å². The van der Waals surface area contributed by atoms with Crippen molar-refractivity contribution in [1.82, 2.24) is 0 Å². The zero-order chi connectivity index (χ0) is 21.9. The Balaban J connectivity index is 2.13. The summed E-state index contributed by atoms with van der Waals surface area (Å²) in [6.45, 7) is 10.9. The maximum absolute atomic E-state index is 6.57. The first-order chi connectivity index (χ1) is 14.5. The molecule has 0 aliphatic heterocycles. The maximum atomic E-state index is 6.57. The molecule has 30 heavy (non-hydrogen) atoms. The number of benzene rings is 2. The van der Waals surface area contributed by atoms with E-state index in [1.165, 1.54) is 42.4 Å². The fourth-order valence-electron chi connectivity index (χ4n) is 3.65. The first-order valence-corrected chi connectivity index (χ1v) is 13.6. The van der Waals surface area contributed by atoms with Crippen LogP contribution in [0.1, 0.15) is 87.1 Å². The SMILES string of the molecule is CCCCc1ccc(OP(Cl)Oc2c(C)cc(CCCC)cc2CCCC)c(C)c1. The molecule has 2 aromatic rings. The molecule has 2 nitrogen and oxygen atoms in total. The van der Waals surface area contributed by atoms with Crippen LogP contribution in [0.3, 0.4) is 0 Å². The third kappa shape index (κ3) is 7.78. The molecular weight excluding hydrogens is 411 g/mol. The van der Waals surface area contributed by atoms with Gasteiger partial charge in [-0.05, 0) is 97.5 Å². The molecule has 0 saturated heterocycles. The molecule has 1 atom stereocenters. The average Bonchev–Trinajstić information content (AvgIpc) is 2.73. The Bertz CT molecular complexity index is 791. The van der Waals surface area contributed by atoms with Crippen LogP contribution in [0, 0.1) is 13.8 Å². The van der Waals surface area contributed by atoms with Gasteiger partial charge in [-0.3, -0.25) is 0 Å². The van der Waals surface area contributed by atoms with Gasteiger partial charge in [0.25, 0.3) is 0 Å². The van der Waals surface area contributed by atoms with Crippen LogP contribution in [0.25, 0.3) is 0 Å². The van der Waals surface area contributed by atoms with E-state index in [1.807, 2.05) is 6.07 Å². The highest BCUT2D eigenvalue weighted by Gasteiger charge is 2.18. The summed E-state index contributed by atoms with van der Waals surface area (Å²) >= 11 is 6.57. The van der Waals surface area contributed by atoms with E-state index in [4.69, 9.17) is 20.3 Å². The topological polar surface area (TPSA) is 18.5 Å². The summed E-state index contributed by atoms with van der Waals surface area (Å²) in [6.07, 6.45) is 10.4. The zero-order valence-electron chi connectivity index (χ0n) is 19.4.